The van der Waals surface area contributed by atoms with Gasteiger partial charge >= 0.3 is 164 Å². The Morgan fingerprint density at radius 3 is 2.20 bits per heavy atom. The summed E-state index contributed by atoms with van der Waals surface area (Å²) in [7, 11) is 0. The summed E-state index contributed by atoms with van der Waals surface area (Å²) in [5.74, 6) is 7.00. The minimum atomic E-state index is -1.91. The Morgan fingerprint density at radius 1 is 0.840 bits per heavy atom. The molecule has 2 heteroatoms. The van der Waals surface area contributed by atoms with Crippen molar-refractivity contribution >= 4 is 30.0 Å². The van der Waals surface area contributed by atoms with Crippen LogP contribution in [0.1, 0.15) is 50.0 Å². The van der Waals surface area contributed by atoms with E-state index in [2.05, 4.69) is 39.1 Å². The molecule has 0 nitrogen and oxygen atoms in total. The molecule has 0 N–H and O–H groups in total. The molecule has 1 aromatic rings. The van der Waals surface area contributed by atoms with E-state index in [9.17, 15) is 0 Å². The average molecular weight is 464 g/mol. The zero-order valence-electron chi connectivity index (χ0n) is 16.0. The molecule has 0 heterocycles. The van der Waals surface area contributed by atoms with Crippen LogP contribution < -0.4 is 0 Å². The van der Waals surface area contributed by atoms with E-state index < -0.39 is 18.4 Å². The summed E-state index contributed by atoms with van der Waals surface area (Å²) in [6.07, 6.45) is 9.20. The second-order valence-electron chi connectivity index (χ2n) is 10.8. The van der Waals surface area contributed by atoms with Crippen LogP contribution in [-0.2, 0) is 0 Å². The molecule has 0 aromatic heterocycles. The van der Waals surface area contributed by atoms with Crippen molar-refractivity contribution in [3.05, 3.63) is 34.9 Å². The summed E-state index contributed by atoms with van der Waals surface area (Å²) in [6.45, 7) is 0. The fourth-order valence-electron chi connectivity index (χ4n) is 8.27. The van der Waals surface area contributed by atoms with Crippen LogP contribution in [0.4, 0.5) is 0 Å². The van der Waals surface area contributed by atoms with Gasteiger partial charge in [0.15, 0.2) is 0 Å². The summed E-state index contributed by atoms with van der Waals surface area (Å²) in [5.41, 5.74) is 1.58. The van der Waals surface area contributed by atoms with Crippen molar-refractivity contribution in [1.82, 2.24) is 0 Å². The van der Waals surface area contributed by atoms with Crippen LogP contribution >= 0.6 is 11.6 Å². The van der Waals surface area contributed by atoms with Gasteiger partial charge in [-0.05, 0) is 0 Å². The molecule has 4 saturated carbocycles. The first-order valence-electron chi connectivity index (χ1n) is 10.7. The van der Waals surface area contributed by atoms with Gasteiger partial charge in [-0.1, -0.05) is 0 Å². The molecule has 4 aliphatic rings. The number of hydrogen-bond donors (Lipinski definition) is 0. The zero-order valence-corrected chi connectivity index (χ0v) is 19.7. The summed E-state index contributed by atoms with van der Waals surface area (Å²) >= 11 is 4.50. The number of hydrogen-bond acceptors (Lipinski definition) is 0. The molecule has 0 amide bonds. The average Bonchev–Trinajstić information content (AvgIpc) is 3.31. The Bertz CT molecular complexity index is 662. The van der Waals surface area contributed by atoms with Gasteiger partial charge in [0.05, 0.1) is 0 Å². The fraction of sp³-hybridized carbons (Fsp3) is 0.739. The molecule has 0 unspecified atom stereocenters. The van der Waals surface area contributed by atoms with Crippen molar-refractivity contribution in [3.8, 4) is 0 Å². The molecule has 25 heavy (non-hydrogen) atoms. The molecule has 8 atom stereocenters. The number of halogens is 1. The van der Waals surface area contributed by atoms with Gasteiger partial charge < -0.3 is 0 Å². The Morgan fingerprint density at radius 2 is 1.48 bits per heavy atom. The predicted molar refractivity (Wildman–Crippen MR) is 110 cm³/mol. The molecule has 0 spiro atoms. The number of fused-ring (bicyclic) bond motifs is 4. The standard InChI is InChI=1S/C20H24Cl.3CH3.Sn/c21-17-3-1-2-14(11-17)19-15-6-7-16(10-15)20(19)18-9-12-4-5-13(18)8-12;;;;/h1-3,9,11-13,15-16,18-20H,4-8,10H2;3*1H3;/t12-,13+,15-,16+,18+,19+,20+;;;;/m1..../s1. The van der Waals surface area contributed by atoms with Crippen LogP contribution in [0.25, 0.3) is 0 Å². The Kier molecular flexibility index (Phi) is 4.29. The Labute approximate surface area is 163 Å². The Hall–Kier alpha value is 0.309. The van der Waals surface area contributed by atoms with Crippen LogP contribution in [0.3, 0.4) is 0 Å². The van der Waals surface area contributed by atoms with E-state index in [1.807, 2.05) is 0 Å². The van der Waals surface area contributed by atoms with Crippen LogP contribution in [0.2, 0.25) is 23.8 Å². The molecule has 4 bridgehead atoms. The third kappa shape index (κ3) is 2.75. The summed E-state index contributed by atoms with van der Waals surface area (Å²) < 4.78 is 1.15. The fourth-order valence-corrected chi connectivity index (χ4v) is 18.1. The van der Waals surface area contributed by atoms with Crippen molar-refractivity contribution < 1.29 is 0 Å². The van der Waals surface area contributed by atoms with Gasteiger partial charge in [0, 0.05) is 0 Å². The van der Waals surface area contributed by atoms with Gasteiger partial charge in [0.25, 0.3) is 0 Å². The third-order valence-electron chi connectivity index (χ3n) is 8.64. The van der Waals surface area contributed by atoms with Gasteiger partial charge in [0.1, 0.15) is 0 Å². The molecular formula is C23H33ClSn. The van der Waals surface area contributed by atoms with Crippen molar-refractivity contribution in [2.45, 2.75) is 63.2 Å². The topological polar surface area (TPSA) is 0 Å². The third-order valence-corrected chi connectivity index (χ3v) is 17.0. The summed E-state index contributed by atoms with van der Waals surface area (Å²) in [5, 5.41) is 0.943. The maximum absolute atomic E-state index is 6.41. The first kappa shape index (κ1) is 17.4. The van der Waals surface area contributed by atoms with Gasteiger partial charge in [-0.25, -0.2) is 0 Å². The molecule has 1 aromatic carbocycles. The Balaban J connectivity index is 1.55. The van der Waals surface area contributed by atoms with Crippen LogP contribution in [0.5, 0.6) is 0 Å². The molecular weight excluding hydrogens is 430 g/mol. The van der Waals surface area contributed by atoms with Gasteiger partial charge in [-0.2, -0.15) is 0 Å². The molecule has 4 aliphatic carbocycles. The quantitative estimate of drug-likeness (QED) is 0.415. The van der Waals surface area contributed by atoms with Gasteiger partial charge in [-0.15, -0.1) is 0 Å². The first-order valence-corrected chi connectivity index (χ1v) is 21.3. The van der Waals surface area contributed by atoms with E-state index in [4.69, 9.17) is 11.6 Å². The van der Waals surface area contributed by atoms with Crippen LogP contribution in [0, 0.1) is 35.5 Å². The SMILES string of the molecule is [CH3][Sn]([CH3])([CH3])[C@H]1[C@@H]2CC[C@@H](C2)[C@H]1[C@@H]1[C@H]2CC[C@H](C2)[C@@H]1c1cccc(Cl)c1. The minimum absolute atomic E-state index is 0.818. The molecule has 0 saturated heterocycles. The summed E-state index contributed by atoms with van der Waals surface area (Å²) in [4.78, 5) is 8.19. The monoisotopic (exact) mass is 464 g/mol. The predicted octanol–water partition coefficient (Wildman–Crippen LogP) is 7.22. The second kappa shape index (κ2) is 6.16. The molecule has 0 radical (unpaired) electrons. The molecule has 0 aliphatic heterocycles. The first-order chi connectivity index (χ1) is 11.9. The van der Waals surface area contributed by atoms with E-state index in [0.717, 1.165) is 50.4 Å². The number of benzene rings is 1. The normalized spacial score (nSPS) is 45.4. The second-order valence-corrected chi connectivity index (χ2v) is 26.6. The van der Waals surface area contributed by atoms with E-state index in [-0.39, 0.29) is 0 Å². The van der Waals surface area contributed by atoms with Crippen molar-refractivity contribution in [1.29, 1.82) is 0 Å². The maximum atomic E-state index is 6.41. The van der Waals surface area contributed by atoms with Crippen molar-refractivity contribution in [3.63, 3.8) is 0 Å². The zero-order chi connectivity index (χ0) is 17.3. The van der Waals surface area contributed by atoms with Gasteiger partial charge in [-0.3, -0.25) is 0 Å². The molecule has 5 rings (SSSR count). The molecule has 4 fully saturated rings. The van der Waals surface area contributed by atoms with E-state index in [0.29, 0.717) is 0 Å². The van der Waals surface area contributed by atoms with Crippen LogP contribution in [-0.4, -0.2) is 18.4 Å². The van der Waals surface area contributed by atoms with E-state index in [1.165, 1.54) is 19.3 Å². The summed E-state index contributed by atoms with van der Waals surface area (Å²) in [6, 6.07) is 8.95. The van der Waals surface area contributed by atoms with Crippen molar-refractivity contribution in [2.75, 3.05) is 0 Å². The van der Waals surface area contributed by atoms with E-state index in [1.54, 1.807) is 24.8 Å². The van der Waals surface area contributed by atoms with Crippen molar-refractivity contribution in [2.24, 2.45) is 35.5 Å². The van der Waals surface area contributed by atoms with Crippen LogP contribution in [0.15, 0.2) is 24.3 Å². The molecule has 136 valence electrons. The van der Waals surface area contributed by atoms with E-state index >= 15 is 0 Å². The van der Waals surface area contributed by atoms with Gasteiger partial charge in [0.2, 0.25) is 0 Å². The number of rotatable bonds is 3.